The summed E-state index contributed by atoms with van der Waals surface area (Å²) < 4.78 is 11.5. The predicted octanol–water partition coefficient (Wildman–Crippen LogP) is 2.65. The highest BCUT2D eigenvalue weighted by atomic mass is 16.5. The van der Waals surface area contributed by atoms with Crippen LogP contribution in [0.25, 0.3) is 0 Å². The Hall–Kier alpha value is -2.86. The van der Waals surface area contributed by atoms with Crippen LogP contribution >= 0.6 is 0 Å². The number of fused-ring (bicyclic) bond motifs is 1. The van der Waals surface area contributed by atoms with Crippen LogP contribution < -0.4 is 19.7 Å². The van der Waals surface area contributed by atoms with Crippen molar-refractivity contribution in [3.8, 4) is 11.5 Å². The second kappa shape index (κ2) is 9.76. The van der Waals surface area contributed by atoms with Gasteiger partial charge >= 0.3 is 0 Å². The number of ketones is 1. The number of hydrogen-bond donors (Lipinski definition) is 2. The zero-order valence-electron chi connectivity index (χ0n) is 18.2. The fourth-order valence-corrected chi connectivity index (χ4v) is 3.83. The summed E-state index contributed by atoms with van der Waals surface area (Å²) in [5.74, 6) is 1.48. The number of Topliss-reactive ketones (excluding diaryl/α,β-unsaturated/α-hetero) is 1. The quantitative estimate of drug-likeness (QED) is 0.656. The summed E-state index contributed by atoms with van der Waals surface area (Å²) in [6.45, 7) is 10.2. The first-order chi connectivity index (χ1) is 14.4. The van der Waals surface area contributed by atoms with Crippen molar-refractivity contribution in [1.82, 2.24) is 0 Å². The maximum absolute atomic E-state index is 12.9. The maximum atomic E-state index is 12.9. The van der Waals surface area contributed by atoms with Crippen molar-refractivity contribution in [3.63, 3.8) is 0 Å². The van der Waals surface area contributed by atoms with E-state index in [1.807, 2.05) is 26.8 Å². The molecule has 2 N–H and O–H groups in total. The van der Waals surface area contributed by atoms with Gasteiger partial charge in [-0.1, -0.05) is 12.1 Å². The third-order valence-electron chi connectivity index (χ3n) is 5.54. The van der Waals surface area contributed by atoms with Gasteiger partial charge in [0.15, 0.2) is 23.3 Å². The van der Waals surface area contributed by atoms with E-state index in [9.17, 15) is 9.59 Å². The van der Waals surface area contributed by atoms with Crippen molar-refractivity contribution in [3.05, 3.63) is 53.1 Å². The van der Waals surface area contributed by atoms with Gasteiger partial charge in [0.1, 0.15) is 6.54 Å². The Balaban J connectivity index is 1.72. The van der Waals surface area contributed by atoms with Crippen LogP contribution in [-0.2, 0) is 17.8 Å². The topological polar surface area (TPSA) is 69.1 Å². The minimum Gasteiger partial charge on any atom is -0.490 e. The number of benzene rings is 2. The van der Waals surface area contributed by atoms with Crippen LogP contribution in [0, 0.1) is 0 Å². The van der Waals surface area contributed by atoms with E-state index in [0.29, 0.717) is 24.5 Å². The number of amides is 1. The van der Waals surface area contributed by atoms with Gasteiger partial charge in [-0.15, -0.1) is 0 Å². The molecule has 0 bridgehead atoms. The second-order valence-electron chi connectivity index (χ2n) is 7.62. The molecule has 0 spiro atoms. The Morgan fingerprint density at radius 1 is 1.07 bits per heavy atom. The number of hydrogen-bond acceptors (Lipinski definition) is 4. The molecule has 1 aliphatic rings. The zero-order valence-corrected chi connectivity index (χ0v) is 18.2. The lowest BCUT2D eigenvalue weighted by molar-refractivity contribution is -0.929. The van der Waals surface area contributed by atoms with Crippen LogP contribution in [0.4, 0.5) is 5.69 Å². The molecular weight excluding hydrogens is 380 g/mol. The van der Waals surface area contributed by atoms with Crippen LogP contribution in [0.2, 0.25) is 0 Å². The Kier molecular flexibility index (Phi) is 7.11. The van der Waals surface area contributed by atoms with E-state index in [1.54, 1.807) is 18.2 Å². The van der Waals surface area contributed by atoms with Crippen molar-refractivity contribution in [2.45, 2.75) is 46.7 Å². The number of quaternary nitrogens is 1. The van der Waals surface area contributed by atoms with Gasteiger partial charge in [-0.25, -0.2) is 0 Å². The molecule has 1 amide bonds. The highest BCUT2D eigenvalue weighted by Gasteiger charge is 2.30. The van der Waals surface area contributed by atoms with Gasteiger partial charge < -0.3 is 19.7 Å². The molecule has 160 valence electrons. The van der Waals surface area contributed by atoms with E-state index in [-0.39, 0.29) is 17.7 Å². The Bertz CT molecular complexity index is 925. The average molecular weight is 412 g/mol. The molecule has 0 saturated carbocycles. The molecule has 3 rings (SSSR count). The molecule has 2 aromatic carbocycles. The van der Waals surface area contributed by atoms with E-state index < -0.39 is 0 Å². The molecule has 0 saturated heterocycles. The first-order valence-electron chi connectivity index (χ1n) is 10.6. The summed E-state index contributed by atoms with van der Waals surface area (Å²) in [5, 5.41) is 2.96. The molecule has 0 fully saturated rings. The summed E-state index contributed by atoms with van der Waals surface area (Å²) in [7, 11) is 0. The minimum absolute atomic E-state index is 0.0195. The average Bonchev–Trinajstić information content (AvgIpc) is 2.73. The van der Waals surface area contributed by atoms with Crippen molar-refractivity contribution in [2.24, 2.45) is 0 Å². The first kappa shape index (κ1) is 21.8. The molecule has 0 aromatic heterocycles. The van der Waals surface area contributed by atoms with Gasteiger partial charge in [0.2, 0.25) is 0 Å². The molecule has 6 nitrogen and oxygen atoms in total. The second-order valence-corrected chi connectivity index (χ2v) is 7.62. The third-order valence-corrected chi connectivity index (χ3v) is 5.54. The summed E-state index contributed by atoms with van der Waals surface area (Å²) >= 11 is 0. The van der Waals surface area contributed by atoms with Crippen molar-refractivity contribution in [1.29, 1.82) is 0 Å². The van der Waals surface area contributed by atoms with Crippen LogP contribution in [0.5, 0.6) is 11.5 Å². The lowest BCUT2D eigenvalue weighted by Crippen LogP contribution is -3.16. The number of nitrogens with one attached hydrogen (secondary N) is 2. The van der Waals surface area contributed by atoms with E-state index >= 15 is 0 Å². The Labute approximate surface area is 178 Å². The fraction of sp³-hybridized carbons (Fsp3) is 0.417. The molecule has 6 heteroatoms. The van der Waals surface area contributed by atoms with Gasteiger partial charge in [-0.05, 0) is 57.5 Å². The van der Waals surface area contributed by atoms with Crippen molar-refractivity contribution in [2.75, 3.05) is 25.1 Å². The summed E-state index contributed by atoms with van der Waals surface area (Å²) in [6, 6.07) is 11.0. The first-order valence-corrected chi connectivity index (χ1v) is 10.6. The van der Waals surface area contributed by atoms with E-state index in [4.69, 9.17) is 9.47 Å². The third kappa shape index (κ3) is 5.00. The number of carbonyl (C=O) groups excluding carboxylic acids is 2. The Morgan fingerprint density at radius 2 is 1.73 bits per heavy atom. The molecule has 1 heterocycles. The molecule has 1 unspecified atom stereocenters. The monoisotopic (exact) mass is 411 g/mol. The standard InChI is InChI=1S/C24H30N2O4/c1-5-29-22-13-19-10-11-26(15-20(19)14-23(22)30-6-2)16(3)24(28)25-21-9-7-8-18(12-21)17(4)27/h7-9,12-14,16H,5-6,10-11,15H2,1-4H3,(H,25,28)/p+1/t16-/m1/s1. The van der Waals surface area contributed by atoms with E-state index in [2.05, 4.69) is 17.4 Å². The van der Waals surface area contributed by atoms with Gasteiger partial charge in [0.25, 0.3) is 5.91 Å². The smallest absolute Gasteiger partial charge is 0.282 e. The number of rotatable bonds is 8. The summed E-state index contributed by atoms with van der Waals surface area (Å²) in [5.41, 5.74) is 3.69. The van der Waals surface area contributed by atoms with Gasteiger partial charge in [0, 0.05) is 23.2 Å². The lowest BCUT2D eigenvalue weighted by Gasteiger charge is -2.30. The highest BCUT2D eigenvalue weighted by molar-refractivity contribution is 5.98. The molecule has 0 radical (unpaired) electrons. The molecule has 2 aromatic rings. The van der Waals surface area contributed by atoms with Crippen LogP contribution in [0.15, 0.2) is 36.4 Å². The van der Waals surface area contributed by atoms with Gasteiger partial charge in [0.05, 0.1) is 19.8 Å². The van der Waals surface area contributed by atoms with Crippen LogP contribution in [-0.4, -0.2) is 37.5 Å². The number of carbonyl (C=O) groups is 2. The lowest BCUT2D eigenvalue weighted by atomic mass is 9.97. The fourth-order valence-electron chi connectivity index (χ4n) is 3.83. The van der Waals surface area contributed by atoms with Crippen molar-refractivity contribution < 1.29 is 24.0 Å². The summed E-state index contributed by atoms with van der Waals surface area (Å²) in [4.78, 5) is 25.6. The molecule has 2 atom stereocenters. The normalized spacial score (nSPS) is 16.3. The number of anilines is 1. The maximum Gasteiger partial charge on any atom is 0.282 e. The van der Waals surface area contributed by atoms with E-state index in [0.717, 1.165) is 31.0 Å². The summed E-state index contributed by atoms with van der Waals surface area (Å²) in [6.07, 6.45) is 0.884. The number of ether oxygens (including phenoxy) is 2. The van der Waals surface area contributed by atoms with E-state index in [1.165, 1.54) is 23.0 Å². The molecule has 0 aliphatic carbocycles. The highest BCUT2D eigenvalue weighted by Crippen LogP contribution is 2.32. The van der Waals surface area contributed by atoms with Gasteiger partial charge in [-0.2, -0.15) is 0 Å². The molecular formula is C24H31N2O4+. The SMILES string of the molecule is CCOc1cc2c(cc1OCC)C[NH+]([C@H](C)C(=O)Nc1cccc(C(C)=O)c1)CC2. The predicted molar refractivity (Wildman–Crippen MR) is 117 cm³/mol. The largest absolute Gasteiger partial charge is 0.490 e. The van der Waals surface area contributed by atoms with Crippen LogP contribution in [0.3, 0.4) is 0 Å². The zero-order chi connectivity index (χ0) is 21.7. The van der Waals surface area contributed by atoms with Gasteiger partial charge in [-0.3, -0.25) is 9.59 Å². The van der Waals surface area contributed by atoms with Crippen molar-refractivity contribution >= 4 is 17.4 Å². The minimum atomic E-state index is -0.221. The molecule has 1 aliphatic heterocycles. The molecule has 30 heavy (non-hydrogen) atoms. The Morgan fingerprint density at radius 3 is 2.37 bits per heavy atom. The van der Waals surface area contributed by atoms with Crippen LogP contribution in [0.1, 0.15) is 49.2 Å².